The van der Waals surface area contributed by atoms with Crippen LogP contribution >= 0.6 is 0 Å². The van der Waals surface area contributed by atoms with Gasteiger partial charge in [0, 0.05) is 23.2 Å². The van der Waals surface area contributed by atoms with Crippen LogP contribution in [0.5, 0.6) is 5.75 Å². The summed E-state index contributed by atoms with van der Waals surface area (Å²) >= 11 is 0. The van der Waals surface area contributed by atoms with Gasteiger partial charge in [-0.25, -0.2) is 14.4 Å². The molecule has 9 nitrogen and oxygen atoms in total. The third kappa shape index (κ3) is 4.52. The predicted molar refractivity (Wildman–Crippen MR) is 116 cm³/mol. The van der Waals surface area contributed by atoms with E-state index in [1.165, 1.54) is 12.3 Å². The van der Waals surface area contributed by atoms with Gasteiger partial charge in [-0.3, -0.25) is 15.0 Å². The zero-order valence-corrected chi connectivity index (χ0v) is 19.0. The second-order valence-electron chi connectivity index (χ2n) is 9.59. The number of pyridine rings is 1. The Morgan fingerprint density at radius 1 is 1.15 bits per heavy atom. The first-order chi connectivity index (χ1) is 15.3. The fraction of sp³-hybridized carbons (Fsp3) is 0.524. The van der Waals surface area contributed by atoms with Crippen molar-refractivity contribution in [3.63, 3.8) is 0 Å². The summed E-state index contributed by atoms with van der Waals surface area (Å²) in [5.74, 6) is -2.58. The lowest BCUT2D eigenvalue weighted by molar-refractivity contribution is -0.189. The number of nitrogens with zero attached hydrogens (tertiary/aromatic N) is 4. The minimum Gasteiger partial charge on any atom is -0.421 e. The Kier molecular flexibility index (Phi) is 5.38. The lowest BCUT2D eigenvalue weighted by Crippen LogP contribution is -2.61. The van der Waals surface area contributed by atoms with Crippen molar-refractivity contribution in [1.29, 1.82) is 0 Å². The molecule has 1 saturated heterocycles. The van der Waals surface area contributed by atoms with E-state index in [1.54, 1.807) is 0 Å². The molecule has 1 fully saturated rings. The molecule has 0 radical (unpaired) electrons. The van der Waals surface area contributed by atoms with Crippen LogP contribution in [-0.2, 0) is 4.79 Å². The molecule has 0 unspecified atom stereocenters. The van der Waals surface area contributed by atoms with Gasteiger partial charge in [-0.15, -0.1) is 0 Å². The number of aromatic nitrogens is 3. The Morgan fingerprint density at radius 3 is 2.48 bits per heavy atom. The van der Waals surface area contributed by atoms with Crippen molar-refractivity contribution in [2.75, 3.05) is 23.0 Å². The summed E-state index contributed by atoms with van der Waals surface area (Å²) in [5.41, 5.74) is 0.0202. The highest BCUT2D eigenvalue weighted by molar-refractivity contribution is 5.97. The van der Waals surface area contributed by atoms with Crippen molar-refractivity contribution in [1.82, 2.24) is 19.9 Å². The van der Waals surface area contributed by atoms with E-state index < -0.39 is 17.8 Å². The molecule has 33 heavy (non-hydrogen) atoms. The molecule has 2 aliphatic rings. The third-order valence-corrected chi connectivity index (χ3v) is 6.24. The summed E-state index contributed by atoms with van der Waals surface area (Å²) in [6.07, 6.45) is -0.129. The SMILES string of the molecule is CN1C(C)(C)CC(Nc2nc(Nc3cnc4c(c3)OC(F)(F)C(=O)N4)ncc2F)CC1(C)C. The number of nitrogens with one attached hydrogen (secondary N) is 3. The van der Waals surface area contributed by atoms with Crippen LogP contribution in [0.4, 0.5) is 36.4 Å². The number of hydrogen-bond acceptors (Lipinski definition) is 8. The van der Waals surface area contributed by atoms with Crippen LogP contribution in [0.2, 0.25) is 0 Å². The second kappa shape index (κ2) is 7.72. The van der Waals surface area contributed by atoms with E-state index in [2.05, 4.69) is 70.0 Å². The summed E-state index contributed by atoms with van der Waals surface area (Å²) in [7, 11) is 2.08. The number of likely N-dealkylation sites (tertiary alicyclic amines) is 1. The van der Waals surface area contributed by atoms with Crippen LogP contribution < -0.4 is 20.7 Å². The van der Waals surface area contributed by atoms with E-state index in [0.717, 1.165) is 19.0 Å². The molecule has 0 aromatic carbocycles. The van der Waals surface area contributed by atoms with Crippen LogP contribution in [0.25, 0.3) is 0 Å². The maximum absolute atomic E-state index is 14.5. The quantitative estimate of drug-likeness (QED) is 0.627. The topological polar surface area (TPSA) is 104 Å². The third-order valence-electron chi connectivity index (χ3n) is 6.24. The van der Waals surface area contributed by atoms with Crippen LogP contribution in [0.1, 0.15) is 40.5 Å². The van der Waals surface area contributed by atoms with Gasteiger partial charge in [0.05, 0.1) is 18.1 Å². The molecule has 178 valence electrons. The number of hydrogen-bond donors (Lipinski definition) is 3. The fourth-order valence-corrected chi connectivity index (χ4v) is 4.37. The van der Waals surface area contributed by atoms with Crippen LogP contribution in [0.3, 0.4) is 0 Å². The molecule has 2 aromatic rings. The standard InChI is InChI=1S/C21H26F3N7O2/c1-19(2)7-12(8-20(3,4)31(19)5)27-15-13(22)10-26-18(30-15)28-11-6-14-16(25-9-11)29-17(32)21(23,24)33-14/h6,9-10,12H,7-8H2,1-5H3,(H,25,29,32)(H2,26,27,28,30). The van der Waals surface area contributed by atoms with Gasteiger partial charge in [-0.1, -0.05) is 0 Å². The molecule has 0 bridgehead atoms. The highest BCUT2D eigenvalue weighted by Crippen LogP contribution is 2.38. The first-order valence-electron chi connectivity index (χ1n) is 10.5. The van der Waals surface area contributed by atoms with Gasteiger partial charge >= 0.3 is 12.0 Å². The number of amides is 1. The maximum Gasteiger partial charge on any atom is 0.482 e. The van der Waals surface area contributed by atoms with Gasteiger partial charge in [0.2, 0.25) is 5.95 Å². The molecule has 2 aromatic heterocycles. The minimum atomic E-state index is -4.01. The highest BCUT2D eigenvalue weighted by Gasteiger charge is 2.47. The number of ether oxygens (including phenoxy) is 1. The number of fused-ring (bicyclic) bond motifs is 1. The van der Waals surface area contributed by atoms with Crippen LogP contribution in [0.15, 0.2) is 18.5 Å². The average molecular weight is 465 g/mol. The second-order valence-corrected chi connectivity index (χ2v) is 9.59. The van der Waals surface area contributed by atoms with Gasteiger partial charge < -0.3 is 15.4 Å². The number of anilines is 4. The summed E-state index contributed by atoms with van der Waals surface area (Å²) in [4.78, 5) is 25.6. The van der Waals surface area contributed by atoms with Gasteiger partial charge in [0.1, 0.15) is 0 Å². The smallest absolute Gasteiger partial charge is 0.421 e. The first-order valence-corrected chi connectivity index (χ1v) is 10.5. The molecule has 2 aliphatic heterocycles. The summed E-state index contributed by atoms with van der Waals surface area (Å²) in [6, 6.07) is 1.20. The zero-order valence-electron chi connectivity index (χ0n) is 19.0. The van der Waals surface area contributed by atoms with Crippen molar-refractivity contribution in [3.05, 3.63) is 24.3 Å². The molecule has 1 amide bonds. The average Bonchev–Trinajstić information content (AvgIpc) is 2.69. The highest BCUT2D eigenvalue weighted by atomic mass is 19.3. The molecule has 0 atom stereocenters. The van der Waals surface area contributed by atoms with Crippen molar-refractivity contribution >= 4 is 29.2 Å². The Labute approximate surface area is 189 Å². The number of piperidine rings is 1. The summed E-state index contributed by atoms with van der Waals surface area (Å²) in [6.45, 7) is 8.57. The van der Waals surface area contributed by atoms with E-state index in [0.29, 0.717) is 0 Å². The minimum absolute atomic E-state index is 0.0203. The van der Waals surface area contributed by atoms with Crippen LogP contribution in [0, 0.1) is 5.82 Å². The van der Waals surface area contributed by atoms with Crippen molar-refractivity contribution in [2.24, 2.45) is 0 Å². The first kappa shape index (κ1) is 23.0. The Bertz CT molecular complexity index is 1080. The Morgan fingerprint density at radius 2 is 1.82 bits per heavy atom. The van der Waals surface area contributed by atoms with Crippen LogP contribution in [-0.4, -0.2) is 56.0 Å². The normalized spacial score (nSPS) is 21.5. The number of carbonyl (C=O) groups is 1. The van der Waals surface area contributed by atoms with Gasteiger partial charge in [-0.05, 0) is 47.6 Å². The van der Waals surface area contributed by atoms with Crippen molar-refractivity contribution in [2.45, 2.75) is 63.8 Å². The van der Waals surface area contributed by atoms with E-state index in [1.807, 2.05) is 5.32 Å². The largest absolute Gasteiger partial charge is 0.482 e. The summed E-state index contributed by atoms with van der Waals surface area (Å²) in [5, 5.41) is 7.97. The van der Waals surface area contributed by atoms with Crippen molar-refractivity contribution in [3.8, 4) is 5.75 Å². The predicted octanol–water partition coefficient (Wildman–Crippen LogP) is 3.74. The lowest BCUT2D eigenvalue weighted by atomic mass is 9.77. The van der Waals surface area contributed by atoms with Gasteiger partial charge in [0.25, 0.3) is 0 Å². The molecule has 0 aliphatic carbocycles. The molecular formula is C21H26F3N7O2. The molecule has 0 spiro atoms. The Balaban J connectivity index is 1.52. The molecule has 4 rings (SSSR count). The number of halogens is 3. The van der Waals surface area contributed by atoms with E-state index in [-0.39, 0.29) is 46.1 Å². The molecule has 0 saturated carbocycles. The molecule has 3 N–H and O–H groups in total. The molecular weight excluding hydrogens is 439 g/mol. The lowest BCUT2D eigenvalue weighted by Gasteiger charge is -2.53. The van der Waals surface area contributed by atoms with Gasteiger partial charge in [-0.2, -0.15) is 13.8 Å². The Hall–Kier alpha value is -3.15. The molecule has 4 heterocycles. The van der Waals surface area contributed by atoms with E-state index in [9.17, 15) is 18.0 Å². The maximum atomic E-state index is 14.5. The van der Waals surface area contributed by atoms with E-state index in [4.69, 9.17) is 0 Å². The van der Waals surface area contributed by atoms with Crippen molar-refractivity contribution < 1.29 is 22.7 Å². The van der Waals surface area contributed by atoms with Gasteiger partial charge in [0.15, 0.2) is 23.2 Å². The molecule has 12 heteroatoms. The van der Waals surface area contributed by atoms with E-state index >= 15 is 0 Å². The monoisotopic (exact) mass is 465 g/mol. The fourth-order valence-electron chi connectivity index (χ4n) is 4.37. The zero-order chi connectivity index (χ0) is 24.2. The number of alkyl halides is 2. The number of carbonyl (C=O) groups excluding carboxylic acids is 1. The summed E-state index contributed by atoms with van der Waals surface area (Å²) < 4.78 is 46.0. The number of rotatable bonds is 4.